The van der Waals surface area contributed by atoms with E-state index in [0.717, 1.165) is 6.54 Å². The number of nitrogens with one attached hydrogen (secondary N) is 1. The average molecular weight is 275 g/mol. The second-order valence-electron chi connectivity index (χ2n) is 6.13. The molecule has 1 aromatic carbocycles. The molecule has 0 aromatic heterocycles. The van der Waals surface area contributed by atoms with E-state index in [-0.39, 0.29) is 0 Å². The second-order valence-corrected chi connectivity index (χ2v) is 6.13. The van der Waals surface area contributed by atoms with Crippen molar-refractivity contribution < 1.29 is 0 Å². The number of aryl methyl sites for hydroxylation is 2. The molecule has 114 valence electrons. The van der Waals surface area contributed by atoms with E-state index in [9.17, 15) is 0 Å². The molecule has 0 saturated heterocycles. The van der Waals surface area contributed by atoms with Gasteiger partial charge in [-0.1, -0.05) is 63.3 Å². The summed E-state index contributed by atoms with van der Waals surface area (Å²) in [5, 5.41) is 3.74. The van der Waals surface area contributed by atoms with Gasteiger partial charge in [0.1, 0.15) is 0 Å². The Kier molecular flexibility index (Phi) is 8.60. The van der Waals surface area contributed by atoms with Crippen molar-refractivity contribution in [3.8, 4) is 0 Å². The maximum atomic E-state index is 3.74. The highest BCUT2D eigenvalue weighted by Gasteiger charge is 2.10. The summed E-state index contributed by atoms with van der Waals surface area (Å²) in [6.07, 6.45) is 9.16. The number of hydrogen-bond donors (Lipinski definition) is 1. The van der Waals surface area contributed by atoms with Gasteiger partial charge in [0.05, 0.1) is 0 Å². The quantitative estimate of drug-likeness (QED) is 0.580. The van der Waals surface area contributed by atoms with Gasteiger partial charge in [-0.2, -0.15) is 0 Å². The van der Waals surface area contributed by atoms with Gasteiger partial charge in [0.25, 0.3) is 0 Å². The molecule has 0 heterocycles. The maximum absolute atomic E-state index is 3.74. The Hall–Kier alpha value is -0.820. The molecule has 0 aliphatic heterocycles. The van der Waals surface area contributed by atoms with Crippen molar-refractivity contribution in [1.29, 1.82) is 0 Å². The molecule has 1 aromatic rings. The summed E-state index contributed by atoms with van der Waals surface area (Å²) in [5.74, 6) is 0. The topological polar surface area (TPSA) is 12.0 Å². The van der Waals surface area contributed by atoms with Crippen LogP contribution in [-0.2, 0) is 6.42 Å². The fourth-order valence-corrected chi connectivity index (χ4v) is 2.73. The Morgan fingerprint density at radius 1 is 1.00 bits per heavy atom. The van der Waals surface area contributed by atoms with E-state index in [4.69, 9.17) is 0 Å². The Balaban J connectivity index is 2.55. The summed E-state index contributed by atoms with van der Waals surface area (Å²) in [6.45, 7) is 10.1. The molecule has 0 aliphatic rings. The molecule has 0 radical (unpaired) electrons. The standard InChI is InChI=1S/C19H33N/c1-5-7-8-9-10-19(20-13-6-2)15-18-14-16(3)11-12-17(18)4/h11-12,14,19-20H,5-10,13,15H2,1-4H3. The van der Waals surface area contributed by atoms with Crippen LogP contribution in [0.2, 0.25) is 0 Å². The molecule has 1 heteroatoms. The van der Waals surface area contributed by atoms with E-state index in [1.165, 1.54) is 61.6 Å². The summed E-state index contributed by atoms with van der Waals surface area (Å²) in [7, 11) is 0. The van der Waals surface area contributed by atoms with Gasteiger partial charge < -0.3 is 5.32 Å². The Morgan fingerprint density at radius 3 is 2.50 bits per heavy atom. The van der Waals surface area contributed by atoms with Crippen LogP contribution in [0, 0.1) is 13.8 Å². The molecular formula is C19H33N. The van der Waals surface area contributed by atoms with E-state index in [0.29, 0.717) is 6.04 Å². The molecular weight excluding hydrogens is 242 g/mol. The van der Waals surface area contributed by atoms with Crippen molar-refractivity contribution in [2.45, 2.75) is 78.7 Å². The third-order valence-electron chi connectivity index (χ3n) is 4.06. The van der Waals surface area contributed by atoms with Crippen LogP contribution in [0.3, 0.4) is 0 Å². The van der Waals surface area contributed by atoms with E-state index in [1.807, 2.05) is 0 Å². The number of unbranched alkanes of at least 4 members (excludes halogenated alkanes) is 3. The van der Waals surface area contributed by atoms with Crippen molar-refractivity contribution in [2.24, 2.45) is 0 Å². The highest BCUT2D eigenvalue weighted by atomic mass is 14.9. The summed E-state index contributed by atoms with van der Waals surface area (Å²) in [4.78, 5) is 0. The molecule has 1 nitrogen and oxygen atoms in total. The zero-order valence-electron chi connectivity index (χ0n) is 14.0. The van der Waals surface area contributed by atoms with Crippen LogP contribution >= 0.6 is 0 Å². The molecule has 0 bridgehead atoms. The molecule has 1 N–H and O–H groups in total. The lowest BCUT2D eigenvalue weighted by molar-refractivity contribution is 0.452. The van der Waals surface area contributed by atoms with Gasteiger partial charge in [-0.15, -0.1) is 0 Å². The third kappa shape index (κ3) is 6.56. The number of hydrogen-bond acceptors (Lipinski definition) is 1. The zero-order valence-corrected chi connectivity index (χ0v) is 14.0. The maximum Gasteiger partial charge on any atom is 0.0108 e. The summed E-state index contributed by atoms with van der Waals surface area (Å²) >= 11 is 0. The predicted molar refractivity (Wildman–Crippen MR) is 90.5 cm³/mol. The molecule has 0 spiro atoms. The average Bonchev–Trinajstić information content (AvgIpc) is 2.44. The normalized spacial score (nSPS) is 12.6. The first-order valence-electron chi connectivity index (χ1n) is 8.46. The zero-order chi connectivity index (χ0) is 14.8. The van der Waals surface area contributed by atoms with Crippen molar-refractivity contribution in [1.82, 2.24) is 5.32 Å². The summed E-state index contributed by atoms with van der Waals surface area (Å²) in [5.41, 5.74) is 4.34. The van der Waals surface area contributed by atoms with Crippen molar-refractivity contribution in [2.75, 3.05) is 6.54 Å². The van der Waals surface area contributed by atoms with E-state index in [2.05, 4.69) is 51.2 Å². The van der Waals surface area contributed by atoms with Gasteiger partial charge in [0, 0.05) is 6.04 Å². The van der Waals surface area contributed by atoms with Crippen LogP contribution in [0.25, 0.3) is 0 Å². The molecule has 20 heavy (non-hydrogen) atoms. The summed E-state index contributed by atoms with van der Waals surface area (Å²) in [6, 6.07) is 7.49. The highest BCUT2D eigenvalue weighted by Crippen LogP contribution is 2.16. The minimum absolute atomic E-state index is 0.646. The van der Waals surface area contributed by atoms with Gasteiger partial charge in [-0.05, 0) is 50.8 Å². The van der Waals surface area contributed by atoms with Crippen LogP contribution < -0.4 is 5.32 Å². The molecule has 1 rings (SSSR count). The Labute approximate surface area is 126 Å². The van der Waals surface area contributed by atoms with Crippen LogP contribution in [-0.4, -0.2) is 12.6 Å². The summed E-state index contributed by atoms with van der Waals surface area (Å²) < 4.78 is 0. The lowest BCUT2D eigenvalue weighted by Gasteiger charge is -2.20. The van der Waals surface area contributed by atoms with Crippen LogP contribution in [0.1, 0.15) is 69.1 Å². The van der Waals surface area contributed by atoms with E-state index >= 15 is 0 Å². The van der Waals surface area contributed by atoms with Gasteiger partial charge in [0.15, 0.2) is 0 Å². The Morgan fingerprint density at radius 2 is 1.80 bits per heavy atom. The first-order chi connectivity index (χ1) is 9.67. The fraction of sp³-hybridized carbons (Fsp3) is 0.684. The Bertz CT molecular complexity index is 370. The van der Waals surface area contributed by atoms with Crippen molar-refractivity contribution in [3.63, 3.8) is 0 Å². The largest absolute Gasteiger partial charge is 0.314 e. The van der Waals surface area contributed by atoms with Crippen molar-refractivity contribution in [3.05, 3.63) is 34.9 Å². The van der Waals surface area contributed by atoms with Crippen LogP contribution in [0.5, 0.6) is 0 Å². The SMILES string of the molecule is CCCCCCC(Cc1cc(C)ccc1C)NCCC. The molecule has 0 fully saturated rings. The highest BCUT2D eigenvalue weighted by molar-refractivity contribution is 5.31. The minimum Gasteiger partial charge on any atom is -0.314 e. The first-order valence-corrected chi connectivity index (χ1v) is 8.46. The second kappa shape index (κ2) is 9.99. The van der Waals surface area contributed by atoms with Crippen molar-refractivity contribution >= 4 is 0 Å². The van der Waals surface area contributed by atoms with Crippen LogP contribution in [0.4, 0.5) is 0 Å². The minimum atomic E-state index is 0.646. The molecule has 1 atom stereocenters. The van der Waals surface area contributed by atoms with Crippen LogP contribution in [0.15, 0.2) is 18.2 Å². The molecule has 0 amide bonds. The molecule has 1 unspecified atom stereocenters. The van der Waals surface area contributed by atoms with Gasteiger partial charge in [-0.3, -0.25) is 0 Å². The molecule has 0 saturated carbocycles. The fourth-order valence-electron chi connectivity index (χ4n) is 2.73. The number of benzene rings is 1. The lowest BCUT2D eigenvalue weighted by Crippen LogP contribution is -2.32. The van der Waals surface area contributed by atoms with Gasteiger partial charge in [-0.25, -0.2) is 0 Å². The smallest absolute Gasteiger partial charge is 0.0108 e. The lowest BCUT2D eigenvalue weighted by atomic mass is 9.95. The first kappa shape index (κ1) is 17.2. The monoisotopic (exact) mass is 275 g/mol. The van der Waals surface area contributed by atoms with Gasteiger partial charge >= 0.3 is 0 Å². The predicted octanol–water partition coefficient (Wildman–Crippen LogP) is 5.18. The van der Waals surface area contributed by atoms with E-state index in [1.54, 1.807) is 0 Å². The van der Waals surface area contributed by atoms with E-state index < -0.39 is 0 Å². The van der Waals surface area contributed by atoms with Gasteiger partial charge in [0.2, 0.25) is 0 Å². The third-order valence-corrected chi connectivity index (χ3v) is 4.06. The number of rotatable bonds is 10. The molecule has 0 aliphatic carbocycles.